The van der Waals surface area contributed by atoms with Crippen molar-refractivity contribution in [2.24, 2.45) is 5.92 Å². The van der Waals surface area contributed by atoms with E-state index in [4.69, 9.17) is 24.2 Å². The molecule has 2 N–H and O–H groups in total. The zero-order chi connectivity index (χ0) is 28.3. The molecular formula is C25H23F3N4O7. The molecule has 14 heteroatoms. The highest BCUT2D eigenvalue weighted by molar-refractivity contribution is 6.27. The summed E-state index contributed by atoms with van der Waals surface area (Å²) in [6, 6.07) is 13.5. The highest BCUT2D eigenvalue weighted by Crippen LogP contribution is 2.33. The maximum Gasteiger partial charge on any atom is 0.449 e. The van der Waals surface area contributed by atoms with Gasteiger partial charge in [-0.05, 0) is 43.0 Å². The number of carboxylic acid groups (broad SMARTS) is 2. The lowest BCUT2D eigenvalue weighted by Gasteiger charge is -2.32. The summed E-state index contributed by atoms with van der Waals surface area (Å²) in [5.41, 5.74) is 1.74. The lowest BCUT2D eigenvalue weighted by Crippen LogP contribution is -2.42. The van der Waals surface area contributed by atoms with Crippen molar-refractivity contribution in [2.45, 2.75) is 32.1 Å². The molecule has 5 rings (SSSR count). The number of hydrogen-bond donors (Lipinski definition) is 2. The number of nitrogens with zero attached hydrogens (tertiary/aromatic N) is 4. The third kappa shape index (κ3) is 6.10. The number of piperidine rings is 1. The molecule has 0 radical (unpaired) electrons. The molecule has 2 aromatic carbocycles. The van der Waals surface area contributed by atoms with E-state index >= 15 is 0 Å². The van der Waals surface area contributed by atoms with E-state index in [1.54, 1.807) is 53.4 Å². The van der Waals surface area contributed by atoms with Gasteiger partial charge in [-0.3, -0.25) is 9.36 Å². The van der Waals surface area contributed by atoms with Crippen LogP contribution in [0, 0.1) is 5.92 Å². The van der Waals surface area contributed by atoms with E-state index in [0.717, 1.165) is 0 Å². The summed E-state index contributed by atoms with van der Waals surface area (Å²) >= 11 is 0. The number of carbonyl (C=O) groups excluding carboxylic acids is 1. The summed E-state index contributed by atoms with van der Waals surface area (Å²) in [6.07, 6.45) is -3.41. The van der Waals surface area contributed by atoms with Crippen LogP contribution in [0.1, 0.15) is 18.7 Å². The van der Waals surface area contributed by atoms with Gasteiger partial charge in [0.25, 0.3) is 0 Å². The number of amides is 1. The van der Waals surface area contributed by atoms with Gasteiger partial charge >= 0.3 is 23.9 Å². The fraction of sp³-hybridized carbons (Fsp3) is 0.320. The van der Waals surface area contributed by atoms with Crippen molar-refractivity contribution in [3.8, 4) is 0 Å². The van der Waals surface area contributed by atoms with E-state index in [9.17, 15) is 22.8 Å². The van der Waals surface area contributed by atoms with Gasteiger partial charge in [0, 0.05) is 19.6 Å². The Morgan fingerprint density at radius 2 is 1.51 bits per heavy atom. The summed E-state index contributed by atoms with van der Waals surface area (Å²) in [7, 11) is 0. The van der Waals surface area contributed by atoms with Crippen LogP contribution in [-0.4, -0.2) is 60.2 Å². The molecule has 11 nitrogen and oxygen atoms in total. The maximum atomic E-state index is 13.6. The third-order valence-corrected chi connectivity index (χ3v) is 6.37. The number of carbonyl (C=O) groups is 3. The number of alkyl halides is 3. The molecule has 0 aliphatic carbocycles. The van der Waals surface area contributed by atoms with Gasteiger partial charge in [-0.2, -0.15) is 13.2 Å². The van der Waals surface area contributed by atoms with Crippen LogP contribution in [-0.2, 0) is 33.6 Å². The van der Waals surface area contributed by atoms with Gasteiger partial charge in [-0.15, -0.1) is 0 Å². The number of benzene rings is 2. The van der Waals surface area contributed by atoms with Crippen LogP contribution in [0.3, 0.4) is 0 Å². The zero-order valence-corrected chi connectivity index (χ0v) is 20.3. The first-order valence-electron chi connectivity index (χ1n) is 11.8. The number of para-hydroxylation sites is 4. The number of likely N-dealkylation sites (tertiary alicyclic amines) is 1. The fourth-order valence-corrected chi connectivity index (χ4v) is 4.50. The third-order valence-electron chi connectivity index (χ3n) is 6.37. The van der Waals surface area contributed by atoms with Crippen LogP contribution in [0.4, 0.5) is 13.2 Å². The molecule has 3 heterocycles. The Morgan fingerprint density at radius 1 is 0.923 bits per heavy atom. The first kappa shape index (κ1) is 27.4. The molecular weight excluding hydrogens is 525 g/mol. The first-order chi connectivity index (χ1) is 18.5. The van der Waals surface area contributed by atoms with Gasteiger partial charge in [0.2, 0.25) is 11.7 Å². The van der Waals surface area contributed by atoms with Gasteiger partial charge in [0.1, 0.15) is 6.54 Å². The second-order valence-corrected chi connectivity index (χ2v) is 8.89. The maximum absolute atomic E-state index is 13.6. The molecule has 39 heavy (non-hydrogen) atoms. The van der Waals surface area contributed by atoms with E-state index in [-0.39, 0.29) is 24.9 Å². The van der Waals surface area contributed by atoms with Gasteiger partial charge < -0.3 is 24.1 Å². The molecule has 1 fully saturated rings. The number of fused-ring (bicyclic) bond motifs is 2. The van der Waals surface area contributed by atoms with Crippen molar-refractivity contribution in [1.29, 1.82) is 0 Å². The Kier molecular flexibility index (Phi) is 7.74. The fourth-order valence-electron chi connectivity index (χ4n) is 4.50. The monoisotopic (exact) mass is 548 g/mol. The first-order valence-corrected chi connectivity index (χ1v) is 11.8. The standard InChI is InChI=1S/C23H21F3N4O3.C2H2O4/c24-23(25,26)21-27-16-5-1-2-6-17(16)29(21)13-15-9-11-28(12-10-15)20(31)14-30-18-7-3-4-8-19(18)33-22(30)32;3-1(4)2(5)6/h1-8,15H,9-14H2;(H,3,4)(H,5,6). The zero-order valence-electron chi connectivity index (χ0n) is 20.3. The summed E-state index contributed by atoms with van der Waals surface area (Å²) in [5, 5.41) is 14.8. The summed E-state index contributed by atoms with van der Waals surface area (Å²) < 4.78 is 48.4. The number of rotatable bonds is 4. The van der Waals surface area contributed by atoms with E-state index in [0.29, 0.717) is 48.1 Å². The van der Waals surface area contributed by atoms with Gasteiger partial charge in [0.05, 0.1) is 16.6 Å². The molecule has 1 amide bonds. The van der Waals surface area contributed by atoms with Crippen molar-refractivity contribution >= 4 is 40.0 Å². The molecule has 0 saturated carbocycles. The van der Waals surface area contributed by atoms with E-state index < -0.39 is 29.7 Å². The van der Waals surface area contributed by atoms with Crippen LogP contribution in [0.25, 0.3) is 22.1 Å². The highest BCUT2D eigenvalue weighted by atomic mass is 19.4. The molecule has 4 aromatic rings. The smallest absolute Gasteiger partial charge is 0.449 e. The average Bonchev–Trinajstić information content (AvgIpc) is 3.42. The number of aromatic nitrogens is 3. The number of imidazole rings is 1. The normalized spacial score (nSPS) is 14.3. The van der Waals surface area contributed by atoms with Crippen LogP contribution in [0.15, 0.2) is 57.7 Å². The number of oxazole rings is 1. The van der Waals surface area contributed by atoms with Crippen LogP contribution in [0.2, 0.25) is 0 Å². The largest absolute Gasteiger partial charge is 0.473 e. The Balaban J connectivity index is 0.000000531. The molecule has 0 bridgehead atoms. The van der Waals surface area contributed by atoms with Gasteiger partial charge in [-0.1, -0.05) is 24.3 Å². The molecule has 1 aliphatic rings. The van der Waals surface area contributed by atoms with Crippen LogP contribution < -0.4 is 5.76 Å². The SMILES string of the molecule is O=C(Cn1c(=O)oc2ccccc21)N1CCC(Cn2c(C(F)(F)F)nc3ccccc32)CC1.O=C(O)C(=O)O. The van der Waals surface area contributed by atoms with E-state index in [1.165, 1.54) is 9.13 Å². The summed E-state index contributed by atoms with van der Waals surface area (Å²) in [5.74, 6) is -5.37. The number of hydrogen-bond acceptors (Lipinski definition) is 6. The number of aliphatic carboxylic acids is 2. The highest BCUT2D eigenvalue weighted by Gasteiger charge is 2.38. The Bertz CT molecular complexity index is 1570. The molecule has 2 aromatic heterocycles. The lowest BCUT2D eigenvalue weighted by atomic mass is 9.96. The molecule has 1 saturated heterocycles. The predicted molar refractivity (Wildman–Crippen MR) is 130 cm³/mol. The Morgan fingerprint density at radius 3 is 2.13 bits per heavy atom. The van der Waals surface area contributed by atoms with Crippen molar-refractivity contribution in [3.63, 3.8) is 0 Å². The van der Waals surface area contributed by atoms with Gasteiger partial charge in [-0.25, -0.2) is 19.4 Å². The number of carboxylic acids is 2. The van der Waals surface area contributed by atoms with Crippen LogP contribution >= 0.6 is 0 Å². The Labute approximate surface area is 217 Å². The van der Waals surface area contributed by atoms with Crippen molar-refractivity contribution < 1.29 is 42.2 Å². The average molecular weight is 548 g/mol. The van der Waals surface area contributed by atoms with E-state index in [2.05, 4.69) is 4.98 Å². The second-order valence-electron chi connectivity index (χ2n) is 8.89. The molecule has 0 atom stereocenters. The van der Waals surface area contributed by atoms with Crippen molar-refractivity contribution in [1.82, 2.24) is 19.0 Å². The van der Waals surface area contributed by atoms with Crippen molar-refractivity contribution in [3.05, 3.63) is 64.9 Å². The van der Waals surface area contributed by atoms with Gasteiger partial charge in [0.15, 0.2) is 5.58 Å². The topological polar surface area (TPSA) is 148 Å². The Hall–Kier alpha value is -4.62. The summed E-state index contributed by atoms with van der Waals surface area (Å²) in [6.45, 7) is 0.887. The number of halogens is 3. The van der Waals surface area contributed by atoms with Crippen molar-refractivity contribution in [2.75, 3.05) is 13.1 Å². The molecule has 206 valence electrons. The van der Waals surface area contributed by atoms with Crippen LogP contribution in [0.5, 0.6) is 0 Å². The predicted octanol–water partition coefficient (Wildman–Crippen LogP) is 3.06. The quantitative estimate of drug-likeness (QED) is 0.370. The minimum atomic E-state index is -4.55. The minimum absolute atomic E-state index is 0.0229. The molecule has 1 aliphatic heterocycles. The lowest BCUT2D eigenvalue weighted by molar-refractivity contribution is -0.159. The molecule has 0 unspecified atom stereocenters. The summed E-state index contributed by atoms with van der Waals surface area (Å²) in [4.78, 5) is 48.6. The molecule has 0 spiro atoms. The van der Waals surface area contributed by atoms with E-state index in [1.807, 2.05) is 0 Å². The minimum Gasteiger partial charge on any atom is -0.473 e. The second kappa shape index (κ2) is 11.0.